The quantitative estimate of drug-likeness (QED) is 0.454. The van der Waals surface area contributed by atoms with Crippen LogP contribution in [-0.2, 0) is 20.0 Å². The first-order chi connectivity index (χ1) is 17.7. The van der Waals surface area contributed by atoms with Gasteiger partial charge in [-0.25, -0.2) is 17.9 Å². The van der Waals surface area contributed by atoms with Crippen LogP contribution in [0.2, 0.25) is 0 Å². The van der Waals surface area contributed by atoms with Gasteiger partial charge in [0.25, 0.3) is 0 Å². The van der Waals surface area contributed by atoms with Gasteiger partial charge in [0.2, 0.25) is 11.9 Å². The van der Waals surface area contributed by atoms with E-state index in [9.17, 15) is 30.8 Å². The molecule has 5 rings (SSSR count). The molecule has 1 saturated heterocycles. The molecule has 0 N–H and O–H groups in total. The predicted molar refractivity (Wildman–Crippen MR) is 130 cm³/mol. The largest absolute Gasteiger partial charge is 0.413 e. The number of aromatic nitrogens is 4. The summed E-state index contributed by atoms with van der Waals surface area (Å²) in [7, 11) is -2.17. The van der Waals surface area contributed by atoms with Crippen LogP contribution in [0, 0.1) is 11.9 Å². The minimum Gasteiger partial charge on any atom is -0.330 e. The second kappa shape index (κ2) is 8.99. The number of fused-ring (bicyclic) bond motifs is 3. The number of hydrogen-bond acceptors (Lipinski definition) is 6. The summed E-state index contributed by atoms with van der Waals surface area (Å²) < 4.78 is 81.2. The van der Waals surface area contributed by atoms with Gasteiger partial charge < -0.3 is 4.90 Å². The molecule has 4 heterocycles. The lowest BCUT2D eigenvalue weighted by Crippen LogP contribution is -2.44. The highest BCUT2D eigenvalue weighted by molar-refractivity contribution is 7.91. The molecule has 13 heteroatoms. The molecular weight excluding hydrogens is 526 g/mol. The number of carbonyl (C=O) groups excluding carboxylic acids is 1. The van der Waals surface area contributed by atoms with E-state index in [4.69, 9.17) is 0 Å². The molecule has 38 heavy (non-hydrogen) atoms. The molecule has 2 aliphatic rings. The van der Waals surface area contributed by atoms with Gasteiger partial charge >= 0.3 is 6.18 Å². The van der Waals surface area contributed by atoms with E-state index in [1.165, 1.54) is 22.7 Å². The monoisotopic (exact) mass is 553 g/mol. The molecule has 204 valence electrons. The van der Waals surface area contributed by atoms with Gasteiger partial charge in [-0.3, -0.25) is 9.78 Å². The number of carbonyl (C=O) groups is 1. The highest BCUT2D eigenvalue weighted by Crippen LogP contribution is 2.48. The standard InChI is InChI=1S/C25H27F4N5O3S/c1-24(2)11-16(17-13-31-20-10-19(26)32-34(20)22(17)24)18-5-4-15(12-30-18)21(25(27,28)29)33(3)23(35)14-6-8-38(36,37)9-7-14/h4-5,10,12-14,16,21H,6-9,11H2,1-3H3/t16?,21-/m0/s1. The van der Waals surface area contributed by atoms with Crippen molar-refractivity contribution in [2.75, 3.05) is 18.6 Å². The van der Waals surface area contributed by atoms with Crippen LogP contribution < -0.4 is 0 Å². The fourth-order valence-corrected chi connectivity index (χ4v) is 7.29. The third-order valence-corrected chi connectivity index (χ3v) is 9.36. The van der Waals surface area contributed by atoms with Crippen molar-refractivity contribution in [2.45, 2.75) is 56.7 Å². The number of rotatable bonds is 4. The van der Waals surface area contributed by atoms with Gasteiger partial charge in [-0.2, -0.15) is 17.6 Å². The Labute approximate surface area is 217 Å². The van der Waals surface area contributed by atoms with Gasteiger partial charge in [0.15, 0.2) is 11.7 Å². The molecule has 0 spiro atoms. The van der Waals surface area contributed by atoms with Gasteiger partial charge in [-0.05, 0) is 25.3 Å². The fraction of sp³-hybridized carbons (Fsp3) is 0.520. The highest BCUT2D eigenvalue weighted by atomic mass is 32.2. The maximum absolute atomic E-state index is 14.2. The van der Waals surface area contributed by atoms with Crippen LogP contribution in [-0.4, -0.2) is 63.5 Å². The third-order valence-electron chi connectivity index (χ3n) is 7.64. The van der Waals surface area contributed by atoms with E-state index in [1.54, 1.807) is 6.20 Å². The van der Waals surface area contributed by atoms with E-state index in [0.29, 0.717) is 22.7 Å². The summed E-state index contributed by atoms with van der Waals surface area (Å²) in [6, 6.07) is 1.84. The molecule has 2 atom stereocenters. The van der Waals surface area contributed by atoms with Crippen LogP contribution in [0.4, 0.5) is 17.6 Å². The normalized spacial score (nSPS) is 21.8. The summed E-state index contributed by atoms with van der Waals surface area (Å²) in [6.45, 7) is 3.96. The lowest BCUT2D eigenvalue weighted by atomic mass is 9.88. The average molecular weight is 554 g/mol. The highest BCUT2D eigenvalue weighted by Gasteiger charge is 2.47. The van der Waals surface area contributed by atoms with Crippen LogP contribution in [0.1, 0.15) is 67.6 Å². The van der Waals surface area contributed by atoms with Crippen molar-refractivity contribution in [1.82, 2.24) is 24.5 Å². The zero-order valence-electron chi connectivity index (χ0n) is 21.0. The summed E-state index contributed by atoms with van der Waals surface area (Å²) in [4.78, 5) is 22.2. The van der Waals surface area contributed by atoms with E-state index in [0.717, 1.165) is 24.5 Å². The Balaban J connectivity index is 1.44. The van der Waals surface area contributed by atoms with Crippen molar-refractivity contribution >= 4 is 21.4 Å². The molecule has 3 aromatic rings. The molecule has 0 bridgehead atoms. The zero-order valence-corrected chi connectivity index (χ0v) is 21.9. The number of hydrogen-bond donors (Lipinski definition) is 0. The first kappa shape index (κ1) is 26.5. The molecule has 1 aliphatic carbocycles. The molecule has 8 nitrogen and oxygen atoms in total. The SMILES string of the molecule is CN(C(=O)C1CCS(=O)(=O)CC1)[C@@H](c1ccc(C2CC(C)(C)c3c2cnc2cc(F)nn32)nc1)C(F)(F)F. The van der Waals surface area contributed by atoms with Gasteiger partial charge in [0.05, 0.1) is 17.2 Å². The lowest BCUT2D eigenvalue weighted by molar-refractivity contribution is -0.190. The summed E-state index contributed by atoms with van der Waals surface area (Å²) in [5, 5.41) is 3.93. The number of halogens is 4. The number of pyridine rings is 1. The van der Waals surface area contributed by atoms with E-state index in [2.05, 4.69) is 15.1 Å². The van der Waals surface area contributed by atoms with E-state index in [1.807, 2.05) is 13.8 Å². The molecule has 1 fully saturated rings. The molecule has 1 aliphatic heterocycles. The summed E-state index contributed by atoms with van der Waals surface area (Å²) in [5.74, 6) is -2.88. The van der Waals surface area contributed by atoms with Gasteiger partial charge in [-0.15, -0.1) is 5.10 Å². The van der Waals surface area contributed by atoms with E-state index in [-0.39, 0.29) is 35.8 Å². The molecule has 0 saturated carbocycles. The Morgan fingerprint density at radius 2 is 1.84 bits per heavy atom. The number of amides is 1. The van der Waals surface area contributed by atoms with E-state index >= 15 is 0 Å². The zero-order chi connectivity index (χ0) is 27.6. The maximum Gasteiger partial charge on any atom is 0.413 e. The Morgan fingerprint density at radius 1 is 1.16 bits per heavy atom. The molecular formula is C25H27F4N5O3S. The Kier molecular flexibility index (Phi) is 6.27. The molecule has 0 radical (unpaired) electrons. The number of nitrogens with zero attached hydrogens (tertiary/aromatic N) is 5. The first-order valence-electron chi connectivity index (χ1n) is 12.2. The summed E-state index contributed by atoms with van der Waals surface area (Å²) in [6.07, 6.45) is -1.42. The molecule has 0 aromatic carbocycles. The van der Waals surface area contributed by atoms with Crippen molar-refractivity contribution in [3.05, 3.63) is 59.1 Å². The lowest BCUT2D eigenvalue weighted by Gasteiger charge is -2.34. The number of sulfone groups is 1. The van der Waals surface area contributed by atoms with Crippen molar-refractivity contribution in [3.63, 3.8) is 0 Å². The van der Waals surface area contributed by atoms with Gasteiger partial charge in [0, 0.05) is 59.6 Å². The van der Waals surface area contributed by atoms with Crippen molar-refractivity contribution in [2.24, 2.45) is 5.92 Å². The van der Waals surface area contributed by atoms with Crippen LogP contribution >= 0.6 is 0 Å². The van der Waals surface area contributed by atoms with Crippen LogP contribution in [0.3, 0.4) is 0 Å². The van der Waals surface area contributed by atoms with Crippen LogP contribution in [0.25, 0.3) is 5.65 Å². The predicted octanol–water partition coefficient (Wildman–Crippen LogP) is 3.96. The fourth-order valence-electron chi connectivity index (χ4n) is 5.80. The van der Waals surface area contributed by atoms with Crippen LogP contribution in [0.15, 0.2) is 30.6 Å². The van der Waals surface area contributed by atoms with Crippen molar-refractivity contribution < 1.29 is 30.8 Å². The third kappa shape index (κ3) is 4.65. The topological polar surface area (TPSA) is 97.5 Å². The second-order valence-corrected chi connectivity index (χ2v) is 13.1. The minimum atomic E-state index is -4.77. The van der Waals surface area contributed by atoms with Crippen LogP contribution in [0.5, 0.6) is 0 Å². The molecule has 3 aromatic heterocycles. The molecule has 1 unspecified atom stereocenters. The Morgan fingerprint density at radius 3 is 2.45 bits per heavy atom. The Hall–Kier alpha value is -3.09. The van der Waals surface area contributed by atoms with Gasteiger partial charge in [0.1, 0.15) is 9.84 Å². The Bertz CT molecular complexity index is 1490. The summed E-state index contributed by atoms with van der Waals surface area (Å²) in [5.41, 5.74) is 1.83. The average Bonchev–Trinajstić information content (AvgIpc) is 3.33. The first-order valence-corrected chi connectivity index (χ1v) is 14.0. The summed E-state index contributed by atoms with van der Waals surface area (Å²) >= 11 is 0. The number of alkyl halides is 3. The van der Waals surface area contributed by atoms with Crippen molar-refractivity contribution in [3.8, 4) is 0 Å². The maximum atomic E-state index is 14.2. The second-order valence-electron chi connectivity index (χ2n) is 10.8. The van der Waals surface area contributed by atoms with Gasteiger partial charge in [-0.1, -0.05) is 19.9 Å². The van der Waals surface area contributed by atoms with Crippen molar-refractivity contribution in [1.29, 1.82) is 0 Å². The van der Waals surface area contributed by atoms with E-state index < -0.39 is 45.2 Å². The molecule has 1 amide bonds. The minimum absolute atomic E-state index is 0.00556. The smallest absolute Gasteiger partial charge is 0.330 e.